The van der Waals surface area contributed by atoms with E-state index in [2.05, 4.69) is 20.7 Å². The van der Waals surface area contributed by atoms with Crippen LogP contribution < -0.4 is 4.74 Å². The van der Waals surface area contributed by atoms with E-state index in [1.54, 1.807) is 18.2 Å². The molecule has 2 rings (SSSR count). The van der Waals surface area contributed by atoms with Crippen molar-refractivity contribution in [2.75, 3.05) is 7.11 Å². The van der Waals surface area contributed by atoms with Crippen molar-refractivity contribution in [2.24, 2.45) is 0 Å². The summed E-state index contributed by atoms with van der Waals surface area (Å²) in [6, 6.07) is 14.8. The highest BCUT2D eigenvalue weighted by Gasteiger charge is 2.06. The SMILES string of the molecule is COC(=O)c1cccc(OCc2cccc(Br)c2)c1. The lowest BCUT2D eigenvalue weighted by atomic mass is 10.2. The smallest absolute Gasteiger partial charge is 0.337 e. The first kappa shape index (κ1) is 13.6. The number of halogens is 1. The fourth-order valence-electron chi connectivity index (χ4n) is 1.62. The molecule has 2 aromatic rings. The third kappa shape index (κ3) is 3.83. The number of hydrogen-bond acceptors (Lipinski definition) is 3. The van der Waals surface area contributed by atoms with E-state index in [0.717, 1.165) is 10.0 Å². The third-order valence-electron chi connectivity index (χ3n) is 2.55. The predicted molar refractivity (Wildman–Crippen MR) is 76.3 cm³/mol. The van der Waals surface area contributed by atoms with Crippen LogP contribution in [0.3, 0.4) is 0 Å². The number of esters is 1. The average molecular weight is 321 g/mol. The van der Waals surface area contributed by atoms with Gasteiger partial charge in [0, 0.05) is 4.47 Å². The van der Waals surface area contributed by atoms with Gasteiger partial charge in [0.05, 0.1) is 12.7 Å². The van der Waals surface area contributed by atoms with Crippen LogP contribution >= 0.6 is 15.9 Å². The van der Waals surface area contributed by atoms with Crippen molar-refractivity contribution in [1.29, 1.82) is 0 Å². The molecule has 0 N–H and O–H groups in total. The van der Waals surface area contributed by atoms with Crippen LogP contribution in [0.2, 0.25) is 0 Å². The van der Waals surface area contributed by atoms with Crippen LogP contribution in [-0.2, 0) is 11.3 Å². The Balaban J connectivity index is 2.05. The van der Waals surface area contributed by atoms with Gasteiger partial charge in [-0.15, -0.1) is 0 Å². The van der Waals surface area contributed by atoms with Crippen LogP contribution in [-0.4, -0.2) is 13.1 Å². The Bertz CT molecular complexity index is 581. The minimum absolute atomic E-state index is 0.368. The van der Waals surface area contributed by atoms with Gasteiger partial charge in [0.1, 0.15) is 12.4 Å². The van der Waals surface area contributed by atoms with E-state index in [-0.39, 0.29) is 5.97 Å². The number of carbonyl (C=O) groups excluding carboxylic acids is 1. The normalized spacial score (nSPS) is 10.0. The Morgan fingerprint density at radius 1 is 1.16 bits per heavy atom. The zero-order valence-corrected chi connectivity index (χ0v) is 12.0. The maximum atomic E-state index is 11.4. The topological polar surface area (TPSA) is 35.5 Å². The van der Waals surface area contributed by atoms with Crippen molar-refractivity contribution >= 4 is 21.9 Å². The first-order chi connectivity index (χ1) is 9.19. The van der Waals surface area contributed by atoms with Crippen molar-refractivity contribution in [3.05, 3.63) is 64.1 Å². The van der Waals surface area contributed by atoms with Gasteiger partial charge in [0.2, 0.25) is 0 Å². The van der Waals surface area contributed by atoms with Gasteiger partial charge in [0.25, 0.3) is 0 Å². The van der Waals surface area contributed by atoms with Crippen molar-refractivity contribution in [2.45, 2.75) is 6.61 Å². The van der Waals surface area contributed by atoms with Gasteiger partial charge in [-0.3, -0.25) is 0 Å². The van der Waals surface area contributed by atoms with Crippen LogP contribution in [0.1, 0.15) is 15.9 Å². The number of benzene rings is 2. The predicted octanol–water partition coefficient (Wildman–Crippen LogP) is 3.81. The van der Waals surface area contributed by atoms with Gasteiger partial charge in [-0.25, -0.2) is 4.79 Å². The van der Waals surface area contributed by atoms with Gasteiger partial charge in [-0.05, 0) is 35.9 Å². The van der Waals surface area contributed by atoms with Gasteiger partial charge >= 0.3 is 5.97 Å². The summed E-state index contributed by atoms with van der Waals surface area (Å²) in [7, 11) is 1.36. The Labute approximate surface area is 120 Å². The molecule has 19 heavy (non-hydrogen) atoms. The molecule has 0 aliphatic rings. The molecule has 0 saturated carbocycles. The number of methoxy groups -OCH3 is 1. The highest BCUT2D eigenvalue weighted by atomic mass is 79.9. The number of hydrogen-bond donors (Lipinski definition) is 0. The summed E-state index contributed by atoms with van der Waals surface area (Å²) in [6.07, 6.45) is 0. The molecule has 0 saturated heterocycles. The van der Waals surface area contributed by atoms with Crippen molar-refractivity contribution in [1.82, 2.24) is 0 Å². The molecule has 0 aliphatic carbocycles. The second kappa shape index (κ2) is 6.38. The van der Waals surface area contributed by atoms with Gasteiger partial charge in [0.15, 0.2) is 0 Å². The van der Waals surface area contributed by atoms with E-state index < -0.39 is 0 Å². The Morgan fingerprint density at radius 3 is 2.68 bits per heavy atom. The maximum absolute atomic E-state index is 11.4. The number of ether oxygens (including phenoxy) is 2. The van der Waals surface area contributed by atoms with E-state index in [1.165, 1.54) is 7.11 Å². The summed E-state index contributed by atoms with van der Waals surface area (Å²) >= 11 is 3.41. The quantitative estimate of drug-likeness (QED) is 0.803. The molecular weight excluding hydrogens is 308 g/mol. The first-order valence-electron chi connectivity index (χ1n) is 5.74. The van der Waals surface area contributed by atoms with E-state index in [9.17, 15) is 4.79 Å². The third-order valence-corrected chi connectivity index (χ3v) is 3.04. The van der Waals surface area contributed by atoms with Crippen molar-refractivity contribution in [3.63, 3.8) is 0 Å². The molecule has 0 fully saturated rings. The molecule has 0 aromatic heterocycles. The van der Waals surface area contributed by atoms with Gasteiger partial charge < -0.3 is 9.47 Å². The molecule has 0 atom stereocenters. The fraction of sp³-hybridized carbons (Fsp3) is 0.133. The van der Waals surface area contributed by atoms with Crippen LogP contribution in [0, 0.1) is 0 Å². The lowest BCUT2D eigenvalue weighted by Gasteiger charge is -2.07. The minimum Gasteiger partial charge on any atom is -0.489 e. The highest BCUT2D eigenvalue weighted by molar-refractivity contribution is 9.10. The van der Waals surface area contributed by atoms with Crippen LogP contribution in [0.15, 0.2) is 53.0 Å². The monoisotopic (exact) mass is 320 g/mol. The molecule has 4 heteroatoms. The zero-order valence-electron chi connectivity index (χ0n) is 10.4. The lowest BCUT2D eigenvalue weighted by Crippen LogP contribution is -2.02. The van der Waals surface area contributed by atoms with Crippen LogP contribution in [0.5, 0.6) is 5.75 Å². The summed E-state index contributed by atoms with van der Waals surface area (Å²) in [5, 5.41) is 0. The molecule has 0 spiro atoms. The summed E-state index contributed by atoms with van der Waals surface area (Å²) in [4.78, 5) is 11.4. The van der Waals surface area contributed by atoms with Gasteiger partial charge in [-0.1, -0.05) is 34.1 Å². The van der Waals surface area contributed by atoms with Crippen LogP contribution in [0.4, 0.5) is 0 Å². The standard InChI is InChI=1S/C15H13BrO3/c1-18-15(17)12-5-3-7-14(9-12)19-10-11-4-2-6-13(16)8-11/h2-9H,10H2,1H3. The molecule has 0 amide bonds. The first-order valence-corrected chi connectivity index (χ1v) is 6.54. The summed E-state index contributed by atoms with van der Waals surface area (Å²) < 4.78 is 11.3. The second-order valence-electron chi connectivity index (χ2n) is 3.94. The molecule has 0 bridgehead atoms. The Kier molecular flexibility index (Phi) is 4.58. The fourth-order valence-corrected chi connectivity index (χ4v) is 2.07. The molecule has 3 nitrogen and oxygen atoms in total. The molecule has 0 aliphatic heterocycles. The Morgan fingerprint density at radius 2 is 1.95 bits per heavy atom. The molecule has 0 radical (unpaired) electrons. The Hall–Kier alpha value is -1.81. The molecule has 2 aromatic carbocycles. The van der Waals surface area contributed by atoms with E-state index in [1.807, 2.05) is 30.3 Å². The minimum atomic E-state index is -0.368. The molecule has 0 heterocycles. The lowest BCUT2D eigenvalue weighted by molar-refractivity contribution is 0.0600. The summed E-state index contributed by atoms with van der Waals surface area (Å²) in [6.45, 7) is 0.448. The maximum Gasteiger partial charge on any atom is 0.337 e. The highest BCUT2D eigenvalue weighted by Crippen LogP contribution is 2.17. The van der Waals surface area contributed by atoms with Crippen molar-refractivity contribution < 1.29 is 14.3 Å². The van der Waals surface area contributed by atoms with Crippen LogP contribution in [0.25, 0.3) is 0 Å². The second-order valence-corrected chi connectivity index (χ2v) is 4.85. The van der Waals surface area contributed by atoms with E-state index in [4.69, 9.17) is 4.74 Å². The van der Waals surface area contributed by atoms with Crippen molar-refractivity contribution in [3.8, 4) is 5.75 Å². The van der Waals surface area contributed by atoms with E-state index in [0.29, 0.717) is 17.9 Å². The average Bonchev–Trinajstić information content (AvgIpc) is 2.45. The zero-order chi connectivity index (χ0) is 13.7. The summed E-state index contributed by atoms with van der Waals surface area (Å²) in [5.74, 6) is 0.274. The number of rotatable bonds is 4. The molecule has 98 valence electrons. The largest absolute Gasteiger partial charge is 0.489 e. The molecule has 0 unspecified atom stereocenters. The molecular formula is C15H13BrO3. The van der Waals surface area contributed by atoms with E-state index >= 15 is 0 Å². The van der Waals surface area contributed by atoms with Gasteiger partial charge in [-0.2, -0.15) is 0 Å². The summed E-state index contributed by atoms with van der Waals surface area (Å²) in [5.41, 5.74) is 1.53. The number of carbonyl (C=O) groups is 1.